The van der Waals surface area contributed by atoms with E-state index in [1.54, 1.807) is 0 Å². The summed E-state index contributed by atoms with van der Waals surface area (Å²) in [5.74, 6) is -0.978. The van der Waals surface area contributed by atoms with Gasteiger partial charge in [0.1, 0.15) is 13.2 Å². The molecule has 0 aliphatic heterocycles. The number of esters is 3. The zero-order valence-electron chi connectivity index (χ0n) is 53.1. The molecular weight excluding hydrogens is 1020 g/mol. The number of unbranched alkanes of at least 4 members (excludes halogenated alkanes) is 17. The van der Waals surface area contributed by atoms with Gasteiger partial charge in [-0.2, -0.15) is 0 Å². The molecule has 0 radical (unpaired) electrons. The quantitative estimate of drug-likeness (QED) is 0.0261. The van der Waals surface area contributed by atoms with Gasteiger partial charge in [0, 0.05) is 19.3 Å². The Kier molecular flexibility index (Phi) is 64.4. The molecule has 0 aromatic carbocycles. The Morgan fingerprint density at radius 3 is 0.759 bits per heavy atom. The molecule has 6 heteroatoms. The Morgan fingerprint density at radius 2 is 0.470 bits per heavy atom. The first-order chi connectivity index (χ1) is 41.0. The normalized spacial score (nSPS) is 13.3. The Morgan fingerprint density at radius 1 is 0.253 bits per heavy atom. The number of rotatable bonds is 58. The van der Waals surface area contributed by atoms with Crippen molar-refractivity contribution in [2.24, 2.45) is 0 Å². The molecule has 1 unspecified atom stereocenters. The van der Waals surface area contributed by atoms with Gasteiger partial charge in [0.25, 0.3) is 0 Å². The van der Waals surface area contributed by atoms with Crippen LogP contribution >= 0.6 is 0 Å². The fourth-order valence-electron chi connectivity index (χ4n) is 8.50. The lowest BCUT2D eigenvalue weighted by atomic mass is 10.1. The van der Waals surface area contributed by atoms with Crippen molar-refractivity contribution in [1.82, 2.24) is 0 Å². The highest BCUT2D eigenvalue weighted by molar-refractivity contribution is 5.71. The van der Waals surface area contributed by atoms with Crippen LogP contribution in [0.5, 0.6) is 0 Å². The van der Waals surface area contributed by atoms with Crippen LogP contribution in [-0.4, -0.2) is 37.2 Å². The van der Waals surface area contributed by atoms with E-state index in [2.05, 4.69) is 203 Å². The van der Waals surface area contributed by atoms with Gasteiger partial charge in [-0.25, -0.2) is 0 Å². The predicted molar refractivity (Wildman–Crippen MR) is 361 cm³/mol. The molecule has 0 heterocycles. The molecule has 0 N–H and O–H groups in total. The molecule has 0 saturated heterocycles. The zero-order chi connectivity index (χ0) is 59.9. The van der Waals surface area contributed by atoms with Gasteiger partial charge in [-0.15, -0.1) is 0 Å². The molecule has 0 aromatic rings. The summed E-state index contributed by atoms with van der Waals surface area (Å²) >= 11 is 0. The average Bonchev–Trinajstić information content (AvgIpc) is 3.48. The molecule has 0 amide bonds. The third kappa shape index (κ3) is 67.2. The van der Waals surface area contributed by atoms with Gasteiger partial charge >= 0.3 is 17.9 Å². The molecule has 0 fully saturated rings. The molecule has 0 spiro atoms. The van der Waals surface area contributed by atoms with Crippen molar-refractivity contribution in [1.29, 1.82) is 0 Å². The smallest absolute Gasteiger partial charge is 0.306 e. The molecule has 0 aliphatic rings. The minimum Gasteiger partial charge on any atom is -0.462 e. The first-order valence-electron chi connectivity index (χ1n) is 33.3. The summed E-state index contributed by atoms with van der Waals surface area (Å²) in [6.07, 6.45) is 103. The third-order valence-electron chi connectivity index (χ3n) is 13.4. The Balaban J connectivity index is 4.40. The van der Waals surface area contributed by atoms with E-state index in [-0.39, 0.29) is 37.5 Å². The van der Waals surface area contributed by atoms with Gasteiger partial charge < -0.3 is 14.2 Å². The van der Waals surface area contributed by atoms with E-state index in [1.165, 1.54) is 51.4 Å². The Bertz CT molecular complexity index is 1940. The summed E-state index contributed by atoms with van der Waals surface area (Å²) in [7, 11) is 0. The third-order valence-corrected chi connectivity index (χ3v) is 13.4. The highest BCUT2D eigenvalue weighted by atomic mass is 16.6. The summed E-state index contributed by atoms with van der Waals surface area (Å²) in [6, 6.07) is 0. The largest absolute Gasteiger partial charge is 0.462 e. The molecule has 464 valence electrons. The van der Waals surface area contributed by atoms with E-state index in [9.17, 15) is 14.4 Å². The van der Waals surface area contributed by atoms with E-state index in [0.717, 1.165) is 167 Å². The van der Waals surface area contributed by atoms with Gasteiger partial charge in [0.2, 0.25) is 0 Å². The van der Waals surface area contributed by atoms with Gasteiger partial charge in [-0.05, 0) is 141 Å². The van der Waals surface area contributed by atoms with Gasteiger partial charge in [0.15, 0.2) is 6.10 Å². The summed E-state index contributed by atoms with van der Waals surface area (Å²) in [5.41, 5.74) is 0. The average molecular weight is 1140 g/mol. The van der Waals surface area contributed by atoms with Gasteiger partial charge in [-0.3, -0.25) is 14.4 Å². The number of carbonyl (C=O) groups is 3. The fraction of sp³-hybridized carbons (Fsp3) is 0.571. The van der Waals surface area contributed by atoms with Crippen LogP contribution < -0.4 is 0 Å². The number of allylic oxidation sites excluding steroid dienone is 30. The van der Waals surface area contributed by atoms with Gasteiger partial charge in [-0.1, -0.05) is 287 Å². The Hall–Kier alpha value is -5.49. The molecule has 0 bridgehead atoms. The molecule has 6 nitrogen and oxygen atoms in total. The van der Waals surface area contributed by atoms with Gasteiger partial charge in [0.05, 0.1) is 0 Å². The summed E-state index contributed by atoms with van der Waals surface area (Å²) < 4.78 is 16.9. The molecule has 1 atom stereocenters. The van der Waals surface area contributed by atoms with Crippen LogP contribution in [0.15, 0.2) is 182 Å². The maximum Gasteiger partial charge on any atom is 0.306 e. The monoisotopic (exact) mass is 1140 g/mol. The zero-order valence-corrected chi connectivity index (χ0v) is 53.1. The van der Waals surface area contributed by atoms with Crippen molar-refractivity contribution in [3.05, 3.63) is 182 Å². The second-order valence-corrected chi connectivity index (χ2v) is 21.3. The van der Waals surface area contributed by atoms with E-state index < -0.39 is 6.10 Å². The topological polar surface area (TPSA) is 78.9 Å². The van der Waals surface area contributed by atoms with Crippen molar-refractivity contribution in [2.45, 2.75) is 271 Å². The van der Waals surface area contributed by atoms with Crippen molar-refractivity contribution < 1.29 is 28.6 Å². The molecule has 0 rings (SSSR count). The van der Waals surface area contributed by atoms with Crippen LogP contribution in [0.3, 0.4) is 0 Å². The SMILES string of the molecule is CC/C=C\C/C=C\C/C=C\C/C=C\C/C=C\C/C=C\C/C=C\C/C=C\C/C=C\CCCCCCCC(=O)OCC(COC(=O)CCCCCCCCCCCCC)OC(=O)CCCC/C=C\C/C=C\C/C=C\C/C=C\C/C=C\C/C=C\CC. The van der Waals surface area contributed by atoms with Crippen molar-refractivity contribution in [2.75, 3.05) is 13.2 Å². The maximum absolute atomic E-state index is 12.9. The van der Waals surface area contributed by atoms with Crippen LogP contribution in [0.4, 0.5) is 0 Å². The van der Waals surface area contributed by atoms with E-state index in [4.69, 9.17) is 14.2 Å². The fourth-order valence-corrected chi connectivity index (χ4v) is 8.50. The number of ether oxygens (including phenoxy) is 3. The summed E-state index contributed by atoms with van der Waals surface area (Å²) in [6.45, 7) is 6.34. The van der Waals surface area contributed by atoms with Crippen LogP contribution in [0.25, 0.3) is 0 Å². The second kappa shape index (κ2) is 69.0. The van der Waals surface area contributed by atoms with Crippen LogP contribution in [-0.2, 0) is 28.6 Å². The summed E-state index contributed by atoms with van der Waals surface area (Å²) in [5, 5.41) is 0. The lowest BCUT2D eigenvalue weighted by molar-refractivity contribution is -0.167. The molecule has 0 aromatic heterocycles. The number of carbonyl (C=O) groups excluding carboxylic acids is 3. The number of hydrogen-bond donors (Lipinski definition) is 0. The standard InChI is InChI=1S/C77H120O6/c1-4-7-10-13-16-19-22-24-26-28-30-32-33-34-35-36-37-38-39-40-41-42-43-45-46-48-50-52-55-58-61-64-67-70-76(79)82-73-74(72-81-75(78)69-66-63-60-57-54-21-18-15-12-9-6-3)83-77(80)71-68-65-62-59-56-53-51-49-47-44-31-29-27-25-23-20-17-14-11-8-5-2/h7-8,10-11,16-17,19-20,24-27,30-32,34-35,37-38,40-41,43-45,48-51,56,59,74H,4-6,9,12-15,18,21-23,28-29,33,36,39,42,46-47,52-55,57-58,60-73H2,1-3H3/b10-7-,11-8-,19-16-,20-17-,26-24-,27-25-,32-30-,35-34-,38-37-,41-40-,44-31-,45-43-,50-48-,51-49-,59-56-. The highest BCUT2D eigenvalue weighted by Gasteiger charge is 2.19. The molecule has 0 aliphatic carbocycles. The van der Waals surface area contributed by atoms with Crippen molar-refractivity contribution >= 4 is 17.9 Å². The predicted octanol–water partition coefficient (Wildman–Crippen LogP) is 23.2. The molecule has 83 heavy (non-hydrogen) atoms. The summed E-state index contributed by atoms with van der Waals surface area (Å²) in [4.78, 5) is 38.3. The first-order valence-corrected chi connectivity index (χ1v) is 33.3. The van der Waals surface area contributed by atoms with Crippen molar-refractivity contribution in [3.8, 4) is 0 Å². The Labute approximate surface area is 510 Å². The maximum atomic E-state index is 12.9. The van der Waals surface area contributed by atoms with E-state index in [0.29, 0.717) is 19.3 Å². The minimum atomic E-state index is -0.818. The van der Waals surface area contributed by atoms with Crippen LogP contribution in [0.2, 0.25) is 0 Å². The van der Waals surface area contributed by atoms with Crippen molar-refractivity contribution in [3.63, 3.8) is 0 Å². The van der Waals surface area contributed by atoms with E-state index in [1.807, 2.05) is 0 Å². The lowest BCUT2D eigenvalue weighted by Crippen LogP contribution is -2.30. The first kappa shape index (κ1) is 77.5. The van der Waals surface area contributed by atoms with Crippen LogP contribution in [0, 0.1) is 0 Å². The van der Waals surface area contributed by atoms with Crippen LogP contribution in [0.1, 0.15) is 265 Å². The van der Waals surface area contributed by atoms with E-state index >= 15 is 0 Å². The molecular formula is C77H120O6. The highest BCUT2D eigenvalue weighted by Crippen LogP contribution is 2.14. The number of hydrogen-bond acceptors (Lipinski definition) is 6. The minimum absolute atomic E-state index is 0.108. The second-order valence-electron chi connectivity index (χ2n) is 21.3. The molecule has 0 saturated carbocycles. The lowest BCUT2D eigenvalue weighted by Gasteiger charge is -2.18.